The topological polar surface area (TPSA) is 26.3 Å². The van der Waals surface area contributed by atoms with Crippen molar-refractivity contribution in [2.75, 3.05) is 7.11 Å². The third-order valence-electron chi connectivity index (χ3n) is 3.57. The first-order valence-corrected chi connectivity index (χ1v) is 6.64. The molecule has 0 N–H and O–H groups in total. The minimum absolute atomic E-state index is 0.0495. The van der Waals surface area contributed by atoms with Crippen LogP contribution in [0.5, 0.6) is 5.75 Å². The number of ether oxygens (including phenoxy) is 1. The summed E-state index contributed by atoms with van der Waals surface area (Å²) in [6.07, 6.45) is 0. The molecule has 0 aromatic heterocycles. The van der Waals surface area contributed by atoms with Gasteiger partial charge in [0.25, 0.3) is 0 Å². The summed E-state index contributed by atoms with van der Waals surface area (Å²) in [7, 11) is 1.67. The van der Waals surface area contributed by atoms with Crippen molar-refractivity contribution in [2.24, 2.45) is 5.92 Å². The molecule has 0 aliphatic heterocycles. The molecule has 0 bridgehead atoms. The molecule has 0 aliphatic carbocycles. The number of ketones is 1. The summed E-state index contributed by atoms with van der Waals surface area (Å²) in [5, 5.41) is 2.27. The molecule has 0 saturated carbocycles. The zero-order chi connectivity index (χ0) is 14.0. The third kappa shape index (κ3) is 2.78. The average molecular weight is 256 g/mol. The molecule has 2 nitrogen and oxygen atoms in total. The van der Waals surface area contributed by atoms with Crippen LogP contribution in [-0.4, -0.2) is 12.9 Å². The van der Waals surface area contributed by atoms with Crippen LogP contribution in [0.25, 0.3) is 10.8 Å². The lowest BCUT2D eigenvalue weighted by atomic mass is 9.89. The molecule has 2 rings (SSSR count). The van der Waals surface area contributed by atoms with Gasteiger partial charge in [-0.3, -0.25) is 4.79 Å². The van der Waals surface area contributed by atoms with Crippen molar-refractivity contribution in [2.45, 2.75) is 26.7 Å². The fourth-order valence-corrected chi connectivity index (χ4v) is 2.30. The molecule has 0 amide bonds. The second-order valence-electron chi connectivity index (χ2n) is 5.25. The predicted molar refractivity (Wildman–Crippen MR) is 78.8 cm³/mol. The predicted octanol–water partition coefficient (Wildman–Crippen LogP) is 4.18. The fraction of sp³-hybridized carbons (Fsp3) is 0.353. The number of benzene rings is 2. The number of fused-ring (bicyclic) bond motifs is 1. The van der Waals surface area contributed by atoms with E-state index >= 15 is 0 Å². The SMILES string of the molecule is COc1ccc2cc([C@H](C)C(=O)C(C)C)ccc2c1. The summed E-state index contributed by atoms with van der Waals surface area (Å²) in [6, 6.07) is 12.2. The quantitative estimate of drug-likeness (QED) is 0.820. The number of hydrogen-bond acceptors (Lipinski definition) is 2. The summed E-state index contributed by atoms with van der Waals surface area (Å²) in [4.78, 5) is 12.1. The van der Waals surface area contributed by atoms with E-state index in [9.17, 15) is 4.79 Å². The number of carbonyl (C=O) groups is 1. The number of carbonyl (C=O) groups excluding carboxylic acids is 1. The first-order valence-electron chi connectivity index (χ1n) is 6.64. The van der Waals surface area contributed by atoms with Crippen LogP contribution in [0.3, 0.4) is 0 Å². The van der Waals surface area contributed by atoms with E-state index in [2.05, 4.69) is 12.1 Å². The van der Waals surface area contributed by atoms with E-state index in [0.717, 1.165) is 22.1 Å². The van der Waals surface area contributed by atoms with E-state index in [1.165, 1.54) is 0 Å². The maximum atomic E-state index is 12.1. The lowest BCUT2D eigenvalue weighted by Gasteiger charge is -2.14. The van der Waals surface area contributed by atoms with Gasteiger partial charge in [0.05, 0.1) is 7.11 Å². The van der Waals surface area contributed by atoms with Gasteiger partial charge in [-0.15, -0.1) is 0 Å². The Labute approximate surface area is 114 Å². The van der Waals surface area contributed by atoms with Crippen molar-refractivity contribution in [1.29, 1.82) is 0 Å². The summed E-state index contributed by atoms with van der Waals surface area (Å²) >= 11 is 0. The summed E-state index contributed by atoms with van der Waals surface area (Å²) in [5.41, 5.74) is 1.08. The van der Waals surface area contributed by atoms with Crippen molar-refractivity contribution >= 4 is 16.6 Å². The molecule has 0 spiro atoms. The third-order valence-corrected chi connectivity index (χ3v) is 3.57. The van der Waals surface area contributed by atoms with Crippen molar-refractivity contribution < 1.29 is 9.53 Å². The maximum absolute atomic E-state index is 12.1. The molecule has 0 saturated heterocycles. The van der Waals surface area contributed by atoms with Gasteiger partial charge < -0.3 is 4.74 Å². The van der Waals surface area contributed by atoms with Gasteiger partial charge in [0, 0.05) is 11.8 Å². The van der Waals surface area contributed by atoms with E-state index in [-0.39, 0.29) is 17.6 Å². The average Bonchev–Trinajstić information content (AvgIpc) is 2.44. The Morgan fingerprint density at radius 2 is 1.63 bits per heavy atom. The number of rotatable bonds is 4. The first-order chi connectivity index (χ1) is 9.02. The molecule has 100 valence electrons. The Kier molecular flexibility index (Phi) is 3.89. The minimum Gasteiger partial charge on any atom is -0.497 e. The van der Waals surface area contributed by atoms with Gasteiger partial charge in [-0.2, -0.15) is 0 Å². The largest absolute Gasteiger partial charge is 0.497 e. The Balaban J connectivity index is 2.39. The maximum Gasteiger partial charge on any atom is 0.142 e. The van der Waals surface area contributed by atoms with Gasteiger partial charge in [0.15, 0.2) is 0 Å². The smallest absolute Gasteiger partial charge is 0.142 e. The molecular formula is C17H20O2. The second-order valence-corrected chi connectivity index (χ2v) is 5.25. The van der Waals surface area contributed by atoms with Crippen molar-refractivity contribution in [3.8, 4) is 5.75 Å². The molecule has 2 heteroatoms. The van der Waals surface area contributed by atoms with E-state index in [4.69, 9.17) is 4.74 Å². The Hall–Kier alpha value is -1.83. The van der Waals surface area contributed by atoms with Gasteiger partial charge in [0.1, 0.15) is 11.5 Å². The molecule has 0 fully saturated rings. The van der Waals surface area contributed by atoms with Crippen molar-refractivity contribution in [3.63, 3.8) is 0 Å². The van der Waals surface area contributed by atoms with E-state index in [1.807, 2.05) is 45.0 Å². The number of Topliss-reactive ketones (excluding diaryl/α,β-unsaturated/α-hetero) is 1. The Bertz CT molecular complexity index is 599. The summed E-state index contributed by atoms with van der Waals surface area (Å²) in [6.45, 7) is 5.88. The number of methoxy groups -OCH3 is 1. The van der Waals surface area contributed by atoms with E-state index in [1.54, 1.807) is 7.11 Å². The van der Waals surface area contributed by atoms with Crippen molar-refractivity contribution in [1.82, 2.24) is 0 Å². The molecule has 0 heterocycles. The van der Waals surface area contributed by atoms with Crippen LogP contribution in [0, 0.1) is 5.92 Å². The highest BCUT2D eigenvalue weighted by Crippen LogP contribution is 2.26. The monoisotopic (exact) mass is 256 g/mol. The fourth-order valence-electron chi connectivity index (χ4n) is 2.30. The van der Waals surface area contributed by atoms with Crippen LogP contribution >= 0.6 is 0 Å². The van der Waals surface area contributed by atoms with E-state index in [0.29, 0.717) is 0 Å². The zero-order valence-electron chi connectivity index (χ0n) is 11.9. The molecule has 1 atom stereocenters. The summed E-state index contributed by atoms with van der Waals surface area (Å²) < 4.78 is 5.22. The lowest BCUT2D eigenvalue weighted by Crippen LogP contribution is -2.15. The summed E-state index contributed by atoms with van der Waals surface area (Å²) in [5.74, 6) is 1.16. The van der Waals surface area contributed by atoms with Crippen LogP contribution < -0.4 is 4.74 Å². The van der Waals surface area contributed by atoms with Crippen LogP contribution in [0.1, 0.15) is 32.3 Å². The standard InChI is InChI=1S/C17H20O2/c1-11(2)17(18)12(3)13-5-6-15-10-16(19-4)8-7-14(15)9-13/h5-12H,1-4H3/t12-/m0/s1. The van der Waals surface area contributed by atoms with Gasteiger partial charge in [-0.1, -0.05) is 45.0 Å². The first kappa shape index (κ1) is 13.6. The molecule has 19 heavy (non-hydrogen) atoms. The zero-order valence-corrected chi connectivity index (χ0v) is 11.9. The molecule has 0 unspecified atom stereocenters. The minimum atomic E-state index is -0.0495. The van der Waals surface area contributed by atoms with Gasteiger partial charge in [-0.25, -0.2) is 0 Å². The molecular weight excluding hydrogens is 236 g/mol. The highest BCUT2D eigenvalue weighted by molar-refractivity contribution is 5.90. The van der Waals surface area contributed by atoms with Gasteiger partial charge >= 0.3 is 0 Å². The van der Waals surface area contributed by atoms with Crippen LogP contribution in [0.4, 0.5) is 0 Å². The molecule has 0 radical (unpaired) electrons. The number of hydrogen-bond donors (Lipinski definition) is 0. The lowest BCUT2D eigenvalue weighted by molar-refractivity contribution is -0.123. The van der Waals surface area contributed by atoms with E-state index < -0.39 is 0 Å². The van der Waals surface area contributed by atoms with Gasteiger partial charge in [-0.05, 0) is 28.5 Å². The second kappa shape index (κ2) is 5.43. The highest BCUT2D eigenvalue weighted by atomic mass is 16.5. The Morgan fingerprint density at radius 1 is 1.00 bits per heavy atom. The van der Waals surface area contributed by atoms with Crippen molar-refractivity contribution in [3.05, 3.63) is 42.0 Å². The molecule has 2 aromatic rings. The highest BCUT2D eigenvalue weighted by Gasteiger charge is 2.18. The molecule has 2 aromatic carbocycles. The van der Waals surface area contributed by atoms with Gasteiger partial charge in [0.2, 0.25) is 0 Å². The van der Waals surface area contributed by atoms with Crippen LogP contribution in [-0.2, 0) is 4.79 Å². The Morgan fingerprint density at radius 3 is 2.26 bits per heavy atom. The van der Waals surface area contributed by atoms with Crippen LogP contribution in [0.2, 0.25) is 0 Å². The molecule has 0 aliphatic rings. The van der Waals surface area contributed by atoms with Crippen LogP contribution in [0.15, 0.2) is 36.4 Å². The normalized spacial score (nSPS) is 12.7.